The Morgan fingerprint density at radius 3 is 2.72 bits per heavy atom. The van der Waals surface area contributed by atoms with Gasteiger partial charge < -0.3 is 19.1 Å². The maximum atomic E-state index is 10.7. The second kappa shape index (κ2) is 11.5. The van der Waals surface area contributed by atoms with E-state index < -0.39 is 0 Å². The van der Waals surface area contributed by atoms with E-state index in [0.29, 0.717) is 19.7 Å². The highest BCUT2D eigenvalue weighted by molar-refractivity contribution is 5.26. The van der Waals surface area contributed by atoms with E-state index in [9.17, 15) is 5.11 Å². The van der Waals surface area contributed by atoms with Gasteiger partial charge >= 0.3 is 0 Å². The van der Waals surface area contributed by atoms with Crippen molar-refractivity contribution in [2.75, 3.05) is 59.7 Å². The molecule has 0 saturated carbocycles. The summed E-state index contributed by atoms with van der Waals surface area (Å²) in [6, 6.07) is 12.8. The second-order valence-electron chi connectivity index (χ2n) is 7.85. The number of benzene rings is 1. The van der Waals surface area contributed by atoms with E-state index in [1.807, 2.05) is 0 Å². The van der Waals surface area contributed by atoms with Gasteiger partial charge in [0.05, 0.1) is 25.9 Å². The van der Waals surface area contributed by atoms with E-state index in [-0.39, 0.29) is 6.10 Å². The van der Waals surface area contributed by atoms with E-state index in [0.717, 1.165) is 45.9 Å². The van der Waals surface area contributed by atoms with Crippen LogP contribution in [0.1, 0.15) is 16.8 Å². The first-order valence-electron chi connectivity index (χ1n) is 10.5. The van der Waals surface area contributed by atoms with Crippen LogP contribution in [0.4, 0.5) is 0 Å². The third-order valence-corrected chi connectivity index (χ3v) is 5.56. The molecule has 0 spiro atoms. The number of aryl methyl sites for hydroxylation is 1. The zero-order valence-electron chi connectivity index (χ0n) is 17.8. The van der Waals surface area contributed by atoms with Crippen molar-refractivity contribution in [3.63, 3.8) is 0 Å². The molecule has 0 aliphatic carbocycles. The number of aromatic nitrogens is 1. The summed E-state index contributed by atoms with van der Waals surface area (Å²) < 4.78 is 13.0. The van der Waals surface area contributed by atoms with E-state index in [1.165, 1.54) is 16.8 Å². The summed E-state index contributed by atoms with van der Waals surface area (Å²) in [5, 5.41) is 10.7. The van der Waals surface area contributed by atoms with Crippen molar-refractivity contribution in [1.29, 1.82) is 0 Å². The molecule has 0 unspecified atom stereocenters. The van der Waals surface area contributed by atoms with Crippen LogP contribution in [-0.2, 0) is 22.6 Å². The minimum absolute atomic E-state index is 0.385. The lowest BCUT2D eigenvalue weighted by molar-refractivity contribution is 0.00419. The Balaban J connectivity index is 1.61. The number of rotatable bonds is 11. The zero-order chi connectivity index (χ0) is 20.5. The number of morpholine rings is 1. The van der Waals surface area contributed by atoms with Crippen molar-refractivity contribution in [3.8, 4) is 0 Å². The van der Waals surface area contributed by atoms with Gasteiger partial charge in [0.15, 0.2) is 0 Å². The first kappa shape index (κ1) is 22.0. The van der Waals surface area contributed by atoms with Crippen LogP contribution >= 0.6 is 0 Å². The first-order valence-corrected chi connectivity index (χ1v) is 10.5. The number of aliphatic hydroxyl groups is 1. The van der Waals surface area contributed by atoms with Crippen LogP contribution in [0, 0.1) is 6.92 Å². The average molecular weight is 402 g/mol. The molecular formula is C23H35N3O3. The molecule has 1 fully saturated rings. The monoisotopic (exact) mass is 401 g/mol. The number of β-amino-alcohol motifs (C(OH)–C–C–N with tert-alkyl or cyclic N) is 1. The SMILES string of the molecule is COCCN(Cc1cccn1Cc1ccccc1C)C[C@@H](O)CN1CCOCC1. The third kappa shape index (κ3) is 6.94. The summed E-state index contributed by atoms with van der Waals surface area (Å²) in [5.41, 5.74) is 3.90. The molecule has 0 bridgehead atoms. The first-order chi connectivity index (χ1) is 14.2. The van der Waals surface area contributed by atoms with E-state index in [1.54, 1.807) is 7.11 Å². The van der Waals surface area contributed by atoms with Crippen LogP contribution in [0.2, 0.25) is 0 Å². The van der Waals surface area contributed by atoms with Crippen LogP contribution in [0.25, 0.3) is 0 Å². The molecule has 6 heteroatoms. The van der Waals surface area contributed by atoms with Crippen LogP contribution < -0.4 is 0 Å². The normalized spacial score (nSPS) is 16.4. The highest BCUT2D eigenvalue weighted by atomic mass is 16.5. The smallest absolute Gasteiger partial charge is 0.0793 e. The van der Waals surface area contributed by atoms with Crippen LogP contribution in [0.5, 0.6) is 0 Å². The number of ether oxygens (including phenoxy) is 2. The Kier molecular flexibility index (Phi) is 8.70. The van der Waals surface area contributed by atoms with Gasteiger partial charge in [0.25, 0.3) is 0 Å². The quantitative estimate of drug-likeness (QED) is 0.624. The Labute approximate surface area is 174 Å². The molecule has 1 aromatic carbocycles. The van der Waals surface area contributed by atoms with Gasteiger partial charge in [-0.15, -0.1) is 0 Å². The fourth-order valence-corrected chi connectivity index (χ4v) is 3.84. The average Bonchev–Trinajstić information content (AvgIpc) is 3.15. The lowest BCUT2D eigenvalue weighted by Crippen LogP contribution is -2.45. The van der Waals surface area contributed by atoms with Gasteiger partial charge in [0.1, 0.15) is 0 Å². The fourth-order valence-electron chi connectivity index (χ4n) is 3.84. The molecule has 1 aliphatic rings. The minimum atomic E-state index is -0.385. The second-order valence-corrected chi connectivity index (χ2v) is 7.85. The third-order valence-electron chi connectivity index (χ3n) is 5.56. The lowest BCUT2D eigenvalue weighted by atomic mass is 10.1. The fraction of sp³-hybridized carbons (Fsp3) is 0.565. The molecule has 1 aromatic heterocycles. The Bertz CT molecular complexity index is 728. The lowest BCUT2D eigenvalue weighted by Gasteiger charge is -2.31. The number of aliphatic hydroxyl groups excluding tert-OH is 1. The van der Waals surface area contributed by atoms with Gasteiger partial charge in [-0.25, -0.2) is 0 Å². The number of hydrogen-bond acceptors (Lipinski definition) is 5. The predicted molar refractivity (Wildman–Crippen MR) is 115 cm³/mol. The Morgan fingerprint density at radius 1 is 1.17 bits per heavy atom. The van der Waals surface area contributed by atoms with Gasteiger partial charge in [-0.2, -0.15) is 0 Å². The van der Waals surface area contributed by atoms with Crippen LogP contribution in [-0.4, -0.2) is 85.2 Å². The van der Waals surface area contributed by atoms with Gasteiger partial charge in [-0.3, -0.25) is 9.80 Å². The van der Waals surface area contributed by atoms with Crippen LogP contribution in [0.3, 0.4) is 0 Å². The molecule has 160 valence electrons. The molecule has 2 heterocycles. The summed E-state index contributed by atoms with van der Waals surface area (Å²) in [7, 11) is 1.73. The molecule has 29 heavy (non-hydrogen) atoms. The molecule has 0 radical (unpaired) electrons. The van der Waals surface area contributed by atoms with E-state index in [4.69, 9.17) is 9.47 Å². The molecule has 3 rings (SSSR count). The van der Waals surface area contributed by atoms with Crippen molar-refractivity contribution >= 4 is 0 Å². The van der Waals surface area contributed by atoms with Crippen molar-refractivity contribution in [2.45, 2.75) is 26.1 Å². The highest BCUT2D eigenvalue weighted by Gasteiger charge is 2.18. The Hall–Kier alpha value is -1.70. The number of hydrogen-bond donors (Lipinski definition) is 1. The molecule has 1 aliphatic heterocycles. The maximum absolute atomic E-state index is 10.7. The van der Waals surface area contributed by atoms with E-state index >= 15 is 0 Å². The van der Waals surface area contributed by atoms with Crippen LogP contribution in [0.15, 0.2) is 42.6 Å². The molecule has 1 N–H and O–H groups in total. The molecule has 0 amide bonds. The molecule has 1 saturated heterocycles. The standard InChI is InChI=1S/C23H35N3O3/c1-20-6-3-4-7-21(20)16-26-9-5-8-22(26)17-25(10-13-28-2)19-23(27)18-24-11-14-29-15-12-24/h3-9,23,27H,10-19H2,1-2H3/t23-/m0/s1. The van der Waals surface area contributed by atoms with Crippen molar-refractivity contribution < 1.29 is 14.6 Å². The van der Waals surface area contributed by atoms with Gasteiger partial charge in [0, 0.05) is 64.8 Å². The largest absolute Gasteiger partial charge is 0.390 e. The summed E-state index contributed by atoms with van der Waals surface area (Å²) in [4.78, 5) is 4.57. The van der Waals surface area contributed by atoms with Gasteiger partial charge in [-0.05, 0) is 30.2 Å². The number of nitrogens with zero attached hydrogens (tertiary/aromatic N) is 3. The van der Waals surface area contributed by atoms with Gasteiger partial charge in [0.2, 0.25) is 0 Å². The van der Waals surface area contributed by atoms with Crippen molar-refractivity contribution in [1.82, 2.24) is 14.4 Å². The molecule has 2 aromatic rings. The Morgan fingerprint density at radius 2 is 1.97 bits per heavy atom. The maximum Gasteiger partial charge on any atom is 0.0793 e. The topological polar surface area (TPSA) is 50.1 Å². The summed E-state index contributed by atoms with van der Waals surface area (Å²) in [6.45, 7) is 9.90. The van der Waals surface area contributed by atoms with Crippen molar-refractivity contribution in [2.24, 2.45) is 0 Å². The highest BCUT2D eigenvalue weighted by Crippen LogP contribution is 2.14. The molecule has 6 nitrogen and oxygen atoms in total. The summed E-state index contributed by atoms with van der Waals surface area (Å²) in [6.07, 6.45) is 1.75. The predicted octanol–water partition coefficient (Wildman–Crippen LogP) is 1.99. The van der Waals surface area contributed by atoms with Gasteiger partial charge in [-0.1, -0.05) is 24.3 Å². The van der Waals surface area contributed by atoms with E-state index in [2.05, 4.69) is 63.9 Å². The summed E-state index contributed by atoms with van der Waals surface area (Å²) >= 11 is 0. The number of methoxy groups -OCH3 is 1. The van der Waals surface area contributed by atoms with Crippen molar-refractivity contribution in [3.05, 3.63) is 59.4 Å². The molecular weight excluding hydrogens is 366 g/mol. The zero-order valence-corrected chi connectivity index (χ0v) is 17.8. The summed E-state index contributed by atoms with van der Waals surface area (Å²) in [5.74, 6) is 0. The molecule has 1 atom stereocenters. The minimum Gasteiger partial charge on any atom is -0.390 e.